The number of thioether (sulfide) groups is 1. The van der Waals surface area contributed by atoms with Crippen LogP contribution >= 0.6 is 11.8 Å². The van der Waals surface area contributed by atoms with Crippen molar-refractivity contribution in [3.63, 3.8) is 0 Å². The highest BCUT2D eigenvalue weighted by molar-refractivity contribution is 8.00. The third-order valence-corrected chi connectivity index (χ3v) is 6.33. The van der Waals surface area contributed by atoms with Crippen LogP contribution in [0.2, 0.25) is 0 Å². The number of hydrogen-bond donors (Lipinski definition) is 2. The minimum absolute atomic E-state index is 0.0829. The molecule has 146 valence electrons. The highest BCUT2D eigenvalue weighted by Crippen LogP contribution is 2.40. The van der Waals surface area contributed by atoms with E-state index in [-0.39, 0.29) is 17.0 Å². The third-order valence-electron chi connectivity index (χ3n) is 5.01. The minimum Gasteiger partial charge on any atom is -0.477 e. The van der Waals surface area contributed by atoms with E-state index in [4.69, 9.17) is 5.73 Å². The van der Waals surface area contributed by atoms with Gasteiger partial charge in [-0.3, -0.25) is 24.4 Å². The normalized spacial score (nSPS) is 26.0. The van der Waals surface area contributed by atoms with Crippen molar-refractivity contribution in [2.75, 3.05) is 17.2 Å². The molecular weight excluding hydrogens is 382 g/mol. The fourth-order valence-corrected chi connectivity index (χ4v) is 4.92. The lowest BCUT2D eigenvalue weighted by Gasteiger charge is -2.47. The van der Waals surface area contributed by atoms with E-state index in [9.17, 15) is 19.5 Å². The Morgan fingerprint density at radius 2 is 2.14 bits per heavy atom. The zero-order valence-corrected chi connectivity index (χ0v) is 16.2. The molecule has 9 nitrogen and oxygen atoms in total. The molecule has 1 aromatic rings. The van der Waals surface area contributed by atoms with E-state index in [0.717, 1.165) is 5.69 Å². The summed E-state index contributed by atoms with van der Waals surface area (Å²) in [5.74, 6) is -0.940. The smallest absolute Gasteiger partial charge is 0.352 e. The lowest BCUT2D eigenvalue weighted by molar-refractivity contribution is -0.147. The Balaban J connectivity index is 1.66. The molecule has 0 aromatic carbocycles. The van der Waals surface area contributed by atoms with Crippen molar-refractivity contribution in [1.82, 2.24) is 14.9 Å². The van der Waals surface area contributed by atoms with Gasteiger partial charge in [-0.1, -0.05) is 0 Å². The Kier molecular flexibility index (Phi) is 4.47. The number of allylic oxidation sites excluding steroid dienone is 1. The average molecular weight is 401 g/mol. The van der Waals surface area contributed by atoms with Crippen LogP contribution in [0.4, 0.5) is 5.82 Å². The van der Waals surface area contributed by atoms with Crippen molar-refractivity contribution < 1.29 is 19.5 Å². The molecule has 3 aliphatic heterocycles. The van der Waals surface area contributed by atoms with Gasteiger partial charge >= 0.3 is 5.97 Å². The fourth-order valence-electron chi connectivity index (χ4n) is 3.67. The van der Waals surface area contributed by atoms with Crippen LogP contribution in [0.1, 0.15) is 17.8 Å². The van der Waals surface area contributed by atoms with E-state index in [0.29, 0.717) is 41.4 Å². The summed E-state index contributed by atoms with van der Waals surface area (Å²) in [6.07, 6.45) is 3.67. The second-order valence-corrected chi connectivity index (χ2v) is 8.02. The van der Waals surface area contributed by atoms with Crippen molar-refractivity contribution >= 4 is 35.4 Å². The number of carboxylic acid groups (broad SMARTS) is 1. The summed E-state index contributed by atoms with van der Waals surface area (Å²) in [6.45, 7) is 4.08. The van der Waals surface area contributed by atoms with Gasteiger partial charge in [0, 0.05) is 17.9 Å². The third kappa shape index (κ3) is 2.80. The van der Waals surface area contributed by atoms with Crippen LogP contribution in [-0.4, -0.2) is 61.5 Å². The molecule has 0 saturated carbocycles. The molecule has 4 rings (SSSR count). The van der Waals surface area contributed by atoms with E-state index in [1.54, 1.807) is 24.1 Å². The number of anilines is 1. The first-order valence-electron chi connectivity index (χ1n) is 8.79. The molecule has 0 aliphatic carbocycles. The van der Waals surface area contributed by atoms with Gasteiger partial charge in [0.15, 0.2) is 5.82 Å². The molecule has 0 spiro atoms. The van der Waals surface area contributed by atoms with E-state index in [1.807, 2.05) is 6.92 Å². The number of nitrogens with zero attached hydrogens (tertiary/aromatic N) is 4. The first-order valence-corrected chi connectivity index (χ1v) is 9.84. The van der Waals surface area contributed by atoms with Gasteiger partial charge < -0.3 is 10.8 Å². The second-order valence-electron chi connectivity index (χ2n) is 6.91. The fraction of sp³-hybridized carbons (Fsp3) is 0.389. The van der Waals surface area contributed by atoms with Gasteiger partial charge in [-0.05, 0) is 31.9 Å². The largest absolute Gasteiger partial charge is 0.477 e. The van der Waals surface area contributed by atoms with Crippen LogP contribution in [0.3, 0.4) is 0 Å². The Morgan fingerprint density at radius 1 is 1.39 bits per heavy atom. The van der Waals surface area contributed by atoms with Gasteiger partial charge in [0.25, 0.3) is 5.91 Å². The Hall–Kier alpha value is -2.72. The first-order chi connectivity index (χ1) is 13.3. The lowest BCUT2D eigenvalue weighted by Crippen LogP contribution is -2.68. The molecule has 0 radical (unpaired) electrons. The molecule has 2 fully saturated rings. The molecule has 3 aliphatic rings. The summed E-state index contributed by atoms with van der Waals surface area (Å²) in [6, 6.07) is -0.680. The van der Waals surface area contributed by atoms with Crippen molar-refractivity contribution in [3.8, 4) is 0 Å². The Morgan fingerprint density at radius 3 is 2.82 bits per heavy atom. The van der Waals surface area contributed by atoms with Gasteiger partial charge in [-0.25, -0.2) is 9.78 Å². The zero-order valence-electron chi connectivity index (χ0n) is 15.4. The van der Waals surface area contributed by atoms with Crippen LogP contribution in [-0.2, 0) is 14.4 Å². The number of carboxylic acids is 1. The zero-order chi connectivity index (χ0) is 20.2. The number of hydrogen-bond acceptors (Lipinski definition) is 7. The monoisotopic (exact) mass is 401 g/mol. The standard InChI is InChI=1S/C18H19N5O4S/c1-8-6-20-14(9(2)21-8)22-4-3-10(15(22)24)5-11-7-28-17-12(19)16(25)23(17)13(11)18(26)27/h5-6,12,17H,3-4,7,19H2,1-2H3,(H,26,27)/b10-5+/t12-,17-/m1/s1. The highest BCUT2D eigenvalue weighted by Gasteiger charge is 2.51. The van der Waals surface area contributed by atoms with Crippen molar-refractivity contribution in [1.29, 1.82) is 0 Å². The summed E-state index contributed by atoms with van der Waals surface area (Å²) in [4.78, 5) is 48.1. The topological polar surface area (TPSA) is 130 Å². The van der Waals surface area contributed by atoms with E-state index < -0.39 is 17.9 Å². The summed E-state index contributed by atoms with van der Waals surface area (Å²) < 4.78 is 0. The van der Waals surface area contributed by atoms with E-state index in [2.05, 4.69) is 9.97 Å². The Bertz CT molecular complexity index is 973. The molecule has 10 heteroatoms. The van der Waals surface area contributed by atoms with Gasteiger partial charge in [0.1, 0.15) is 17.1 Å². The molecule has 1 aromatic heterocycles. The molecule has 2 saturated heterocycles. The number of aryl methyl sites for hydroxylation is 2. The number of nitrogens with two attached hydrogens (primary N) is 1. The van der Waals surface area contributed by atoms with Crippen LogP contribution < -0.4 is 10.6 Å². The molecular formula is C18H19N5O4S. The molecule has 28 heavy (non-hydrogen) atoms. The van der Waals surface area contributed by atoms with Gasteiger partial charge in [-0.2, -0.15) is 0 Å². The number of carbonyl (C=O) groups is 3. The number of aromatic nitrogens is 2. The molecule has 4 heterocycles. The molecule has 0 bridgehead atoms. The number of rotatable bonds is 3. The quantitative estimate of drug-likeness (QED) is 0.548. The number of β-lactam (4-membered cyclic amide) rings is 1. The molecule has 2 amide bonds. The van der Waals surface area contributed by atoms with Crippen LogP contribution in [0.15, 0.2) is 29.1 Å². The second kappa shape index (κ2) is 6.71. The van der Waals surface area contributed by atoms with E-state index in [1.165, 1.54) is 16.7 Å². The first kappa shape index (κ1) is 18.6. The number of fused-ring (bicyclic) bond motifs is 1. The molecule has 3 N–H and O–H groups in total. The van der Waals surface area contributed by atoms with Crippen LogP contribution in [0.25, 0.3) is 0 Å². The highest BCUT2D eigenvalue weighted by atomic mass is 32.2. The summed E-state index contributed by atoms with van der Waals surface area (Å²) in [5.41, 5.74) is 8.05. The maximum atomic E-state index is 12.9. The average Bonchev–Trinajstić information content (AvgIpc) is 3.01. The summed E-state index contributed by atoms with van der Waals surface area (Å²) in [7, 11) is 0. The van der Waals surface area contributed by atoms with Crippen molar-refractivity contribution in [3.05, 3.63) is 40.5 Å². The van der Waals surface area contributed by atoms with Gasteiger partial charge in [-0.15, -0.1) is 11.8 Å². The van der Waals surface area contributed by atoms with Gasteiger partial charge in [0.05, 0.1) is 17.6 Å². The van der Waals surface area contributed by atoms with Crippen LogP contribution in [0, 0.1) is 13.8 Å². The van der Waals surface area contributed by atoms with Crippen LogP contribution in [0.5, 0.6) is 0 Å². The molecule has 0 unspecified atom stereocenters. The summed E-state index contributed by atoms with van der Waals surface area (Å²) >= 11 is 1.41. The van der Waals surface area contributed by atoms with Crippen molar-refractivity contribution in [2.24, 2.45) is 5.73 Å². The maximum Gasteiger partial charge on any atom is 0.352 e. The minimum atomic E-state index is -1.19. The predicted molar refractivity (Wildman–Crippen MR) is 102 cm³/mol. The summed E-state index contributed by atoms with van der Waals surface area (Å²) in [5, 5.41) is 9.26. The number of carbonyl (C=O) groups excluding carboxylic acids is 2. The van der Waals surface area contributed by atoms with Gasteiger partial charge in [0.2, 0.25) is 5.91 Å². The number of amides is 2. The molecule has 2 atom stereocenters. The number of aliphatic carboxylic acids is 1. The SMILES string of the molecule is Cc1cnc(N2CC/C(=C\C3=C(C(=O)O)N4C(=O)[C@@H](N)[C@H]4SC3)C2=O)c(C)n1. The maximum absolute atomic E-state index is 12.9. The van der Waals surface area contributed by atoms with Crippen molar-refractivity contribution in [2.45, 2.75) is 31.7 Å². The predicted octanol–water partition coefficient (Wildman–Crippen LogP) is 0.338. The Labute approximate surface area is 165 Å². The van der Waals surface area contributed by atoms with E-state index >= 15 is 0 Å². The lowest BCUT2D eigenvalue weighted by atomic mass is 10.0.